The van der Waals surface area contributed by atoms with Crippen molar-refractivity contribution in [3.8, 4) is 0 Å². The molecule has 9 nitrogen and oxygen atoms in total. The molecule has 9 heteroatoms. The first-order valence-electron chi connectivity index (χ1n) is 10.8. The molecule has 174 valence electrons. The number of carbonyl (C=O) groups is 2. The van der Waals surface area contributed by atoms with E-state index in [1.165, 1.54) is 18.2 Å². The van der Waals surface area contributed by atoms with Gasteiger partial charge in [0.2, 0.25) is 11.9 Å². The van der Waals surface area contributed by atoms with Gasteiger partial charge in [0.15, 0.2) is 11.6 Å². The Kier molecular flexibility index (Phi) is 9.87. The van der Waals surface area contributed by atoms with Gasteiger partial charge in [-0.05, 0) is 38.2 Å². The van der Waals surface area contributed by atoms with Gasteiger partial charge >= 0.3 is 0 Å². The van der Waals surface area contributed by atoms with E-state index < -0.39 is 0 Å². The summed E-state index contributed by atoms with van der Waals surface area (Å²) < 4.78 is 0. The molecular formula is C23H34N6O3. The van der Waals surface area contributed by atoms with Gasteiger partial charge in [0.05, 0.1) is 6.61 Å². The van der Waals surface area contributed by atoms with Crippen LogP contribution in [0.15, 0.2) is 41.0 Å². The van der Waals surface area contributed by atoms with Crippen LogP contribution in [-0.4, -0.2) is 55.3 Å². The number of rotatable bonds is 9. The zero-order chi connectivity index (χ0) is 23.5. The number of allylic oxidation sites excluding steroid dienone is 1. The first kappa shape index (κ1) is 25.1. The van der Waals surface area contributed by atoms with E-state index in [1.807, 2.05) is 6.92 Å². The molecule has 0 radical (unpaired) electrons. The lowest BCUT2D eigenvalue weighted by Gasteiger charge is -2.21. The lowest BCUT2D eigenvalue weighted by molar-refractivity contribution is -0.123. The summed E-state index contributed by atoms with van der Waals surface area (Å²) in [6.45, 7) is 5.06. The van der Waals surface area contributed by atoms with Crippen molar-refractivity contribution in [1.29, 1.82) is 5.41 Å². The first-order chi connectivity index (χ1) is 15.3. The van der Waals surface area contributed by atoms with E-state index in [2.05, 4.69) is 46.8 Å². The first-order valence-corrected chi connectivity index (χ1v) is 10.8. The Bertz CT molecular complexity index is 863. The molecular weight excluding hydrogens is 408 g/mol. The summed E-state index contributed by atoms with van der Waals surface area (Å²) in [6, 6.07) is 8.30. The molecule has 1 unspecified atom stereocenters. The molecule has 32 heavy (non-hydrogen) atoms. The summed E-state index contributed by atoms with van der Waals surface area (Å²) in [4.78, 5) is 34.5. The quantitative estimate of drug-likeness (QED) is 0.199. The highest BCUT2D eigenvalue weighted by Gasteiger charge is 2.21. The van der Waals surface area contributed by atoms with Crippen LogP contribution in [0.5, 0.6) is 0 Å². The Labute approximate surface area is 189 Å². The van der Waals surface area contributed by atoms with E-state index in [0.717, 1.165) is 17.1 Å². The molecule has 1 heterocycles. The van der Waals surface area contributed by atoms with Gasteiger partial charge in [-0.1, -0.05) is 35.4 Å². The molecule has 0 saturated heterocycles. The molecule has 0 saturated carbocycles. The van der Waals surface area contributed by atoms with Crippen molar-refractivity contribution >= 4 is 23.5 Å². The minimum absolute atomic E-state index is 0.0265. The van der Waals surface area contributed by atoms with E-state index in [-0.39, 0.29) is 30.2 Å². The van der Waals surface area contributed by atoms with Crippen LogP contribution in [-0.2, 0) is 20.8 Å². The number of nitrogens with zero attached hydrogens (tertiary/aromatic N) is 2. The van der Waals surface area contributed by atoms with E-state index >= 15 is 0 Å². The number of hydrogen-bond donors (Lipinski definition) is 4. The maximum Gasteiger partial charge on any atom is 0.220 e. The van der Waals surface area contributed by atoms with E-state index in [9.17, 15) is 9.59 Å². The summed E-state index contributed by atoms with van der Waals surface area (Å²) in [5, 5.41) is 14.2. The molecule has 1 amide bonds. The van der Waals surface area contributed by atoms with E-state index in [0.29, 0.717) is 38.2 Å². The largest absolute Gasteiger partial charge is 0.368 e. The van der Waals surface area contributed by atoms with Gasteiger partial charge < -0.3 is 16.4 Å². The minimum atomic E-state index is -0.207. The fourth-order valence-electron chi connectivity index (χ4n) is 3.22. The SMILES string of the molecule is CC1=CNC(=NCCc2ccc(C)cc2)C(=O)CCC1CC(=O)NCCON(C)C(=N)N. The van der Waals surface area contributed by atoms with Gasteiger partial charge in [0.1, 0.15) is 0 Å². The fourth-order valence-corrected chi connectivity index (χ4v) is 3.22. The van der Waals surface area contributed by atoms with Crippen molar-refractivity contribution in [1.82, 2.24) is 15.7 Å². The fraction of sp³-hybridized carbons (Fsp3) is 0.478. The second kappa shape index (κ2) is 12.6. The van der Waals surface area contributed by atoms with Crippen LogP contribution in [0.2, 0.25) is 0 Å². The molecule has 1 aromatic carbocycles. The Morgan fingerprint density at radius 2 is 2.06 bits per heavy atom. The van der Waals surface area contributed by atoms with Gasteiger partial charge in [-0.15, -0.1) is 0 Å². The second-order valence-corrected chi connectivity index (χ2v) is 7.93. The zero-order valence-corrected chi connectivity index (χ0v) is 19.1. The van der Waals surface area contributed by atoms with Crippen molar-refractivity contribution in [3.05, 3.63) is 47.2 Å². The van der Waals surface area contributed by atoms with Gasteiger partial charge in [-0.3, -0.25) is 24.8 Å². The van der Waals surface area contributed by atoms with Crippen LogP contribution >= 0.6 is 0 Å². The predicted molar refractivity (Wildman–Crippen MR) is 125 cm³/mol. The zero-order valence-electron chi connectivity index (χ0n) is 19.1. The van der Waals surface area contributed by atoms with Gasteiger partial charge in [0.25, 0.3) is 0 Å². The number of aryl methyl sites for hydroxylation is 1. The van der Waals surface area contributed by atoms with Crippen LogP contribution in [0.3, 0.4) is 0 Å². The number of amidine groups is 1. The lowest BCUT2D eigenvalue weighted by atomic mass is 9.90. The number of hydroxylamine groups is 2. The van der Waals surface area contributed by atoms with Crippen molar-refractivity contribution in [2.24, 2.45) is 16.6 Å². The van der Waals surface area contributed by atoms with Gasteiger partial charge in [0, 0.05) is 39.2 Å². The molecule has 1 aromatic rings. The molecule has 0 fully saturated rings. The number of carbonyl (C=O) groups excluding carboxylic acids is 2. The maximum atomic E-state index is 12.6. The number of nitrogens with one attached hydrogen (secondary N) is 3. The monoisotopic (exact) mass is 442 g/mol. The molecule has 2 rings (SSSR count). The van der Waals surface area contributed by atoms with Gasteiger partial charge in [-0.25, -0.2) is 5.06 Å². The van der Waals surface area contributed by atoms with Crippen molar-refractivity contribution in [2.75, 3.05) is 26.7 Å². The van der Waals surface area contributed by atoms with E-state index in [1.54, 1.807) is 6.20 Å². The average Bonchev–Trinajstić information content (AvgIpc) is 2.76. The smallest absolute Gasteiger partial charge is 0.220 e. The van der Waals surface area contributed by atoms with Crippen LogP contribution in [0.25, 0.3) is 0 Å². The molecule has 1 atom stereocenters. The Morgan fingerprint density at radius 3 is 2.75 bits per heavy atom. The molecule has 5 N–H and O–H groups in total. The number of ketones is 1. The second-order valence-electron chi connectivity index (χ2n) is 7.93. The summed E-state index contributed by atoms with van der Waals surface area (Å²) in [7, 11) is 1.52. The van der Waals surface area contributed by atoms with Crippen LogP contribution in [0.4, 0.5) is 0 Å². The Morgan fingerprint density at radius 1 is 1.34 bits per heavy atom. The highest BCUT2D eigenvalue weighted by atomic mass is 16.7. The maximum absolute atomic E-state index is 12.6. The predicted octanol–water partition coefficient (Wildman–Crippen LogP) is 1.67. The molecule has 0 aliphatic carbocycles. The minimum Gasteiger partial charge on any atom is -0.368 e. The standard InChI is InChI=1S/C23H34N6O3/c1-16-4-6-18(7-5-16)10-11-27-22-20(30)9-8-19(17(2)15-28-22)14-21(31)26-12-13-32-29(3)23(24)25/h4-7,15,19H,8-14H2,1-3H3,(H3,24,25)(H,26,31)(H,27,28). The third kappa shape index (κ3) is 8.50. The number of hydrogen-bond acceptors (Lipinski definition) is 5. The highest BCUT2D eigenvalue weighted by molar-refractivity contribution is 6.39. The Balaban J connectivity index is 1.82. The summed E-state index contributed by atoms with van der Waals surface area (Å²) in [6.07, 6.45) is 3.78. The van der Waals surface area contributed by atoms with Crippen molar-refractivity contribution in [2.45, 2.75) is 39.5 Å². The number of amides is 1. The Hall–Kier alpha value is -3.20. The topological polar surface area (TPSA) is 133 Å². The van der Waals surface area contributed by atoms with Crippen molar-refractivity contribution in [3.63, 3.8) is 0 Å². The number of Topliss-reactive ketones (excluding diaryl/α,β-unsaturated/α-hetero) is 1. The van der Waals surface area contributed by atoms with Crippen molar-refractivity contribution < 1.29 is 14.4 Å². The molecule has 1 aliphatic heterocycles. The molecule has 1 aliphatic rings. The summed E-state index contributed by atoms with van der Waals surface area (Å²) >= 11 is 0. The van der Waals surface area contributed by atoms with E-state index in [4.69, 9.17) is 16.0 Å². The van der Waals surface area contributed by atoms with Crippen LogP contribution in [0, 0.1) is 18.3 Å². The highest BCUT2D eigenvalue weighted by Crippen LogP contribution is 2.22. The number of guanidine groups is 1. The van der Waals surface area contributed by atoms with Gasteiger partial charge in [-0.2, -0.15) is 0 Å². The summed E-state index contributed by atoms with van der Waals surface area (Å²) in [5.41, 5.74) is 8.69. The molecule has 0 bridgehead atoms. The number of benzene rings is 1. The number of nitrogens with two attached hydrogens (primary N) is 1. The normalized spacial score (nSPS) is 17.7. The summed E-state index contributed by atoms with van der Waals surface area (Å²) in [5.74, 6) is -0.00474. The third-order valence-corrected chi connectivity index (χ3v) is 5.34. The lowest BCUT2D eigenvalue weighted by Crippen LogP contribution is -2.36. The van der Waals surface area contributed by atoms with Crippen LogP contribution < -0.4 is 16.4 Å². The third-order valence-electron chi connectivity index (χ3n) is 5.34. The molecule has 0 spiro atoms. The average molecular weight is 443 g/mol. The molecule has 0 aromatic heterocycles. The van der Waals surface area contributed by atoms with Crippen LogP contribution in [0.1, 0.15) is 37.3 Å². The number of aliphatic imine (C=N–C) groups is 1.